The first-order chi connectivity index (χ1) is 9.73. The first-order valence-corrected chi connectivity index (χ1v) is 7.74. The first kappa shape index (κ1) is 16.3. The van der Waals surface area contributed by atoms with Crippen LogP contribution in [0.4, 0.5) is 13.2 Å². The average Bonchev–Trinajstić information content (AvgIpc) is 2.93. The third-order valence-corrected chi connectivity index (χ3v) is 4.84. The Morgan fingerprint density at radius 1 is 1.43 bits per heavy atom. The molecular weight excluding hydrogens is 301 g/mol. The van der Waals surface area contributed by atoms with E-state index in [0.717, 1.165) is 21.1 Å². The van der Waals surface area contributed by atoms with Crippen LogP contribution in [0.1, 0.15) is 36.2 Å². The number of nitrogens with one attached hydrogen (secondary N) is 1. The highest BCUT2D eigenvalue weighted by Gasteiger charge is 2.46. The van der Waals surface area contributed by atoms with Crippen molar-refractivity contribution < 1.29 is 18.0 Å². The van der Waals surface area contributed by atoms with E-state index in [0.29, 0.717) is 0 Å². The summed E-state index contributed by atoms with van der Waals surface area (Å²) in [4.78, 5) is 15.0. The molecule has 0 bridgehead atoms. The summed E-state index contributed by atoms with van der Waals surface area (Å²) >= 11 is 1.41. The number of amides is 1. The van der Waals surface area contributed by atoms with Crippen LogP contribution in [-0.4, -0.2) is 29.6 Å². The second-order valence-corrected chi connectivity index (χ2v) is 6.78. The number of rotatable bonds is 4. The molecular formula is C14H19F3N2OS. The van der Waals surface area contributed by atoms with Crippen molar-refractivity contribution in [3.63, 3.8) is 0 Å². The van der Waals surface area contributed by atoms with Crippen LogP contribution in [-0.2, 0) is 4.79 Å². The number of alkyl halides is 3. The van der Waals surface area contributed by atoms with Gasteiger partial charge in [0.05, 0.1) is 6.04 Å². The first-order valence-electron chi connectivity index (χ1n) is 6.92. The van der Waals surface area contributed by atoms with Gasteiger partial charge in [0.1, 0.15) is 12.7 Å². The lowest BCUT2D eigenvalue weighted by Gasteiger charge is -2.24. The monoisotopic (exact) mass is 320 g/mol. The van der Waals surface area contributed by atoms with Crippen molar-refractivity contribution in [1.82, 2.24) is 10.2 Å². The topological polar surface area (TPSA) is 32.3 Å². The molecule has 1 saturated heterocycles. The van der Waals surface area contributed by atoms with E-state index in [1.54, 1.807) is 6.07 Å². The van der Waals surface area contributed by atoms with E-state index < -0.39 is 30.8 Å². The molecule has 1 fully saturated rings. The fraction of sp³-hybridized carbons (Fsp3) is 0.643. The van der Waals surface area contributed by atoms with E-state index in [4.69, 9.17) is 0 Å². The van der Waals surface area contributed by atoms with E-state index in [9.17, 15) is 18.0 Å². The fourth-order valence-electron chi connectivity index (χ4n) is 2.48. The lowest BCUT2D eigenvalue weighted by atomic mass is 9.99. The molecule has 3 atom stereocenters. The second kappa shape index (κ2) is 5.96. The number of hydrogen-bond acceptors (Lipinski definition) is 3. The van der Waals surface area contributed by atoms with Gasteiger partial charge < -0.3 is 4.90 Å². The Bertz CT molecular complexity index is 515. The van der Waals surface area contributed by atoms with Crippen LogP contribution in [0.5, 0.6) is 0 Å². The molecule has 0 aliphatic carbocycles. The van der Waals surface area contributed by atoms with Crippen molar-refractivity contribution in [3.8, 4) is 0 Å². The Morgan fingerprint density at radius 2 is 2.10 bits per heavy atom. The van der Waals surface area contributed by atoms with Gasteiger partial charge in [-0.15, -0.1) is 11.3 Å². The Labute approximate surface area is 126 Å². The lowest BCUT2D eigenvalue weighted by Crippen LogP contribution is -2.39. The van der Waals surface area contributed by atoms with Crippen molar-refractivity contribution >= 4 is 17.2 Å². The summed E-state index contributed by atoms with van der Waals surface area (Å²) in [5.41, 5.74) is 0. The van der Waals surface area contributed by atoms with E-state index in [1.807, 2.05) is 26.8 Å². The molecule has 21 heavy (non-hydrogen) atoms. The highest BCUT2D eigenvalue weighted by Crippen LogP contribution is 2.34. The standard InChI is InChI=1S/C14H19F3N2OS/c1-4-8(2)11-13(20)19(7-14(15,16)17)12(18-11)10-6-5-9(3)21-10/h5-6,8,11-12,18H,4,7H2,1-3H3. The van der Waals surface area contributed by atoms with Gasteiger partial charge in [-0.1, -0.05) is 20.3 Å². The summed E-state index contributed by atoms with van der Waals surface area (Å²) < 4.78 is 38.3. The van der Waals surface area contributed by atoms with Crippen LogP contribution >= 0.6 is 11.3 Å². The molecule has 0 aromatic carbocycles. The number of aryl methyl sites for hydroxylation is 1. The highest BCUT2D eigenvalue weighted by molar-refractivity contribution is 7.12. The van der Waals surface area contributed by atoms with Gasteiger partial charge in [0.15, 0.2) is 0 Å². The van der Waals surface area contributed by atoms with Gasteiger partial charge in [-0.25, -0.2) is 0 Å². The zero-order valence-corrected chi connectivity index (χ0v) is 13.0. The van der Waals surface area contributed by atoms with Crippen molar-refractivity contribution in [3.05, 3.63) is 21.9 Å². The lowest BCUT2D eigenvalue weighted by molar-refractivity contribution is -0.161. The maximum atomic E-state index is 12.8. The van der Waals surface area contributed by atoms with Crippen molar-refractivity contribution in [1.29, 1.82) is 0 Å². The normalized spacial score (nSPS) is 24.7. The minimum atomic E-state index is -4.40. The summed E-state index contributed by atoms with van der Waals surface area (Å²) in [5.74, 6) is -0.461. The Hall–Kier alpha value is -1.08. The maximum absolute atomic E-state index is 12.8. The molecule has 0 spiro atoms. The number of carbonyl (C=O) groups is 1. The maximum Gasteiger partial charge on any atom is 0.406 e. The fourth-order valence-corrected chi connectivity index (χ4v) is 3.43. The molecule has 118 valence electrons. The third-order valence-electron chi connectivity index (χ3n) is 3.79. The number of hydrogen-bond donors (Lipinski definition) is 1. The highest BCUT2D eigenvalue weighted by atomic mass is 32.1. The van der Waals surface area contributed by atoms with Crippen LogP contribution in [0.15, 0.2) is 12.1 Å². The smallest absolute Gasteiger partial charge is 0.312 e. The number of carbonyl (C=O) groups excluding carboxylic acids is 1. The molecule has 0 saturated carbocycles. The quantitative estimate of drug-likeness (QED) is 0.921. The van der Waals surface area contributed by atoms with Gasteiger partial charge >= 0.3 is 6.18 Å². The zero-order valence-electron chi connectivity index (χ0n) is 12.2. The average molecular weight is 320 g/mol. The van der Waals surface area contributed by atoms with Gasteiger partial charge in [0, 0.05) is 9.75 Å². The zero-order chi connectivity index (χ0) is 15.8. The minimum Gasteiger partial charge on any atom is -0.312 e. The van der Waals surface area contributed by atoms with Crippen LogP contribution < -0.4 is 5.32 Å². The van der Waals surface area contributed by atoms with E-state index in [2.05, 4.69) is 5.32 Å². The molecule has 1 N–H and O–H groups in total. The van der Waals surface area contributed by atoms with Crippen molar-refractivity contribution in [2.45, 2.75) is 45.6 Å². The predicted octanol–water partition coefficient (Wildman–Crippen LogP) is 3.46. The van der Waals surface area contributed by atoms with Gasteiger partial charge in [-0.3, -0.25) is 10.1 Å². The summed E-state index contributed by atoms with van der Waals surface area (Å²) in [5, 5.41) is 3.08. The van der Waals surface area contributed by atoms with Crippen LogP contribution in [0.2, 0.25) is 0 Å². The van der Waals surface area contributed by atoms with Gasteiger partial charge in [0.25, 0.3) is 0 Å². The molecule has 1 aromatic heterocycles. The molecule has 3 nitrogen and oxygen atoms in total. The van der Waals surface area contributed by atoms with E-state index in [1.165, 1.54) is 11.3 Å². The number of halogens is 3. The molecule has 3 unspecified atom stereocenters. The van der Waals surface area contributed by atoms with Crippen molar-refractivity contribution in [2.75, 3.05) is 6.54 Å². The molecule has 2 heterocycles. The molecule has 1 aromatic rings. The second-order valence-electron chi connectivity index (χ2n) is 5.46. The molecule has 0 radical (unpaired) electrons. The summed E-state index contributed by atoms with van der Waals surface area (Å²) in [6.45, 7) is 4.48. The largest absolute Gasteiger partial charge is 0.406 e. The molecule has 2 rings (SSSR count). The summed E-state index contributed by atoms with van der Waals surface area (Å²) in [6.07, 6.45) is -4.34. The summed E-state index contributed by atoms with van der Waals surface area (Å²) in [7, 11) is 0. The van der Waals surface area contributed by atoms with Crippen LogP contribution in [0, 0.1) is 12.8 Å². The number of nitrogens with zero attached hydrogens (tertiary/aromatic N) is 1. The van der Waals surface area contributed by atoms with E-state index in [-0.39, 0.29) is 5.92 Å². The Kier molecular flexibility index (Phi) is 4.63. The minimum absolute atomic E-state index is 0.000655. The Morgan fingerprint density at radius 3 is 2.57 bits per heavy atom. The molecule has 1 aliphatic heterocycles. The Balaban J connectivity index is 2.29. The molecule has 1 aliphatic rings. The van der Waals surface area contributed by atoms with Crippen LogP contribution in [0.3, 0.4) is 0 Å². The van der Waals surface area contributed by atoms with Crippen LogP contribution in [0.25, 0.3) is 0 Å². The predicted molar refractivity (Wildman–Crippen MR) is 75.9 cm³/mol. The third kappa shape index (κ3) is 3.58. The molecule has 7 heteroatoms. The van der Waals surface area contributed by atoms with E-state index >= 15 is 0 Å². The SMILES string of the molecule is CCC(C)C1NC(c2ccc(C)s2)N(CC(F)(F)F)C1=O. The van der Waals surface area contributed by atoms with Gasteiger partial charge in [-0.2, -0.15) is 13.2 Å². The number of thiophene rings is 1. The molecule has 1 amide bonds. The van der Waals surface area contributed by atoms with Gasteiger partial charge in [-0.05, 0) is 25.0 Å². The van der Waals surface area contributed by atoms with Crippen molar-refractivity contribution in [2.24, 2.45) is 5.92 Å². The summed E-state index contributed by atoms with van der Waals surface area (Å²) in [6, 6.07) is 3.09. The van der Waals surface area contributed by atoms with Gasteiger partial charge in [0.2, 0.25) is 5.91 Å².